The largest absolute Gasteiger partial charge is 0.268 e. The molecule has 1 unspecified atom stereocenters. The van der Waals surface area contributed by atoms with Gasteiger partial charge in [-0.25, -0.2) is 9.29 Å². The molecule has 0 bridgehead atoms. The lowest BCUT2D eigenvalue weighted by atomic mass is 10.1. The Balaban J connectivity index is 2.54. The molecule has 0 N–H and O–H groups in total. The van der Waals surface area contributed by atoms with Crippen LogP contribution in [0.25, 0.3) is 0 Å². The van der Waals surface area contributed by atoms with Crippen LogP contribution in [-0.2, 0) is 0 Å². The Hall–Kier alpha value is -1.71. The van der Waals surface area contributed by atoms with E-state index in [0.717, 1.165) is 0 Å². The number of hydrogen-bond donors (Lipinski definition) is 0. The summed E-state index contributed by atoms with van der Waals surface area (Å²) in [5.41, 5.74) is 0.559. The number of fused-ring (bicyclic) bond motifs is 1. The van der Waals surface area contributed by atoms with E-state index in [1.165, 1.54) is 19.1 Å². The minimum atomic E-state index is -1.58. The average Bonchev–Trinajstić information content (AvgIpc) is 2.41. The van der Waals surface area contributed by atoms with E-state index in [-0.39, 0.29) is 11.1 Å². The van der Waals surface area contributed by atoms with Crippen LogP contribution < -0.4 is 0 Å². The highest BCUT2D eigenvalue weighted by atomic mass is 19.1. The molecule has 0 fully saturated rings. The van der Waals surface area contributed by atoms with Crippen molar-refractivity contribution in [2.75, 3.05) is 0 Å². The Morgan fingerprint density at radius 2 is 1.57 bits per heavy atom. The van der Waals surface area contributed by atoms with Crippen LogP contribution >= 0.6 is 0 Å². The Kier molecular flexibility index (Phi) is 1.84. The SMILES string of the molecule is CC(F)N1C(=O)c2ccccc2C1=O. The van der Waals surface area contributed by atoms with Crippen LogP contribution in [0.5, 0.6) is 0 Å². The number of carbonyl (C=O) groups is 2. The Labute approximate surface area is 80.1 Å². The molecule has 1 atom stereocenters. The van der Waals surface area contributed by atoms with Gasteiger partial charge in [0.1, 0.15) is 0 Å². The van der Waals surface area contributed by atoms with E-state index >= 15 is 0 Å². The van der Waals surface area contributed by atoms with Gasteiger partial charge in [0.2, 0.25) is 0 Å². The number of alkyl halides is 1. The van der Waals surface area contributed by atoms with Gasteiger partial charge in [0.05, 0.1) is 11.1 Å². The number of amides is 2. The van der Waals surface area contributed by atoms with Gasteiger partial charge in [-0.3, -0.25) is 9.59 Å². The van der Waals surface area contributed by atoms with Gasteiger partial charge >= 0.3 is 0 Å². The number of rotatable bonds is 1. The van der Waals surface area contributed by atoms with Gasteiger partial charge in [-0.2, -0.15) is 0 Å². The molecular weight excluding hydrogens is 185 g/mol. The van der Waals surface area contributed by atoms with Crippen LogP contribution in [0.2, 0.25) is 0 Å². The fraction of sp³-hybridized carbons (Fsp3) is 0.200. The van der Waals surface area contributed by atoms with Crippen molar-refractivity contribution in [3.8, 4) is 0 Å². The summed E-state index contributed by atoms with van der Waals surface area (Å²) < 4.78 is 13.0. The van der Waals surface area contributed by atoms with E-state index < -0.39 is 18.1 Å². The zero-order chi connectivity index (χ0) is 10.3. The number of hydrogen-bond acceptors (Lipinski definition) is 2. The van der Waals surface area contributed by atoms with E-state index in [1.54, 1.807) is 12.1 Å². The summed E-state index contributed by atoms with van der Waals surface area (Å²) >= 11 is 0. The lowest BCUT2D eigenvalue weighted by Gasteiger charge is -2.14. The van der Waals surface area contributed by atoms with Gasteiger partial charge in [0, 0.05) is 0 Å². The molecule has 72 valence electrons. The number of nitrogens with zero attached hydrogens (tertiary/aromatic N) is 1. The first-order chi connectivity index (χ1) is 6.63. The van der Waals surface area contributed by atoms with E-state index in [1.807, 2.05) is 0 Å². The van der Waals surface area contributed by atoms with E-state index in [0.29, 0.717) is 4.90 Å². The molecule has 0 saturated heterocycles. The second kappa shape index (κ2) is 2.90. The molecule has 4 heteroatoms. The Morgan fingerprint density at radius 3 is 1.93 bits per heavy atom. The molecule has 0 aliphatic carbocycles. The smallest absolute Gasteiger partial charge is 0.263 e. The number of halogens is 1. The van der Waals surface area contributed by atoms with Crippen molar-refractivity contribution >= 4 is 11.8 Å². The maximum absolute atomic E-state index is 13.0. The molecule has 0 radical (unpaired) electrons. The van der Waals surface area contributed by atoms with Crippen molar-refractivity contribution in [1.29, 1.82) is 0 Å². The third-order valence-electron chi connectivity index (χ3n) is 2.18. The monoisotopic (exact) mass is 193 g/mol. The number of carbonyl (C=O) groups excluding carboxylic acids is 2. The lowest BCUT2D eigenvalue weighted by molar-refractivity contribution is 0.0454. The average molecular weight is 193 g/mol. The van der Waals surface area contributed by atoms with Gasteiger partial charge in [0.15, 0.2) is 6.30 Å². The predicted molar refractivity (Wildman–Crippen MR) is 47.5 cm³/mol. The molecule has 0 aromatic heterocycles. The molecule has 1 aliphatic rings. The summed E-state index contributed by atoms with van der Waals surface area (Å²) in [5, 5.41) is 0. The highest BCUT2D eigenvalue weighted by Crippen LogP contribution is 2.24. The Morgan fingerprint density at radius 1 is 1.14 bits per heavy atom. The zero-order valence-electron chi connectivity index (χ0n) is 7.53. The third kappa shape index (κ3) is 1.04. The topological polar surface area (TPSA) is 37.4 Å². The second-order valence-electron chi connectivity index (χ2n) is 3.10. The minimum Gasteiger partial charge on any atom is -0.268 e. The number of benzene rings is 1. The van der Waals surface area contributed by atoms with Crippen molar-refractivity contribution < 1.29 is 14.0 Å². The zero-order valence-corrected chi connectivity index (χ0v) is 7.53. The summed E-state index contributed by atoms with van der Waals surface area (Å²) in [6, 6.07) is 6.35. The molecule has 3 nitrogen and oxygen atoms in total. The van der Waals surface area contributed by atoms with Gasteiger partial charge in [0.25, 0.3) is 11.8 Å². The van der Waals surface area contributed by atoms with Gasteiger partial charge in [-0.1, -0.05) is 12.1 Å². The van der Waals surface area contributed by atoms with Crippen LogP contribution in [-0.4, -0.2) is 23.0 Å². The van der Waals surface area contributed by atoms with Crippen molar-refractivity contribution in [2.45, 2.75) is 13.2 Å². The quantitative estimate of drug-likeness (QED) is 0.501. The Bertz CT molecular complexity index is 379. The summed E-state index contributed by atoms with van der Waals surface area (Å²) in [7, 11) is 0. The number of imide groups is 1. The summed E-state index contributed by atoms with van der Waals surface area (Å²) in [4.78, 5) is 23.7. The highest BCUT2D eigenvalue weighted by molar-refractivity contribution is 6.21. The molecule has 0 spiro atoms. The molecule has 1 heterocycles. The van der Waals surface area contributed by atoms with Crippen LogP contribution in [0.4, 0.5) is 4.39 Å². The predicted octanol–water partition coefficient (Wildman–Crippen LogP) is 1.60. The molecule has 2 rings (SSSR count). The molecule has 14 heavy (non-hydrogen) atoms. The molecule has 2 amide bonds. The maximum Gasteiger partial charge on any atom is 0.263 e. The van der Waals surface area contributed by atoms with Crippen molar-refractivity contribution in [1.82, 2.24) is 4.90 Å². The van der Waals surface area contributed by atoms with Crippen LogP contribution in [0.15, 0.2) is 24.3 Å². The van der Waals surface area contributed by atoms with Crippen molar-refractivity contribution in [3.05, 3.63) is 35.4 Å². The van der Waals surface area contributed by atoms with Gasteiger partial charge in [-0.05, 0) is 19.1 Å². The summed E-state index contributed by atoms with van der Waals surface area (Å²) in [6.07, 6.45) is -1.58. The van der Waals surface area contributed by atoms with E-state index in [4.69, 9.17) is 0 Å². The second-order valence-corrected chi connectivity index (χ2v) is 3.10. The normalized spacial score (nSPS) is 17.1. The van der Waals surface area contributed by atoms with Crippen LogP contribution in [0, 0.1) is 0 Å². The first-order valence-electron chi connectivity index (χ1n) is 4.24. The van der Waals surface area contributed by atoms with Crippen LogP contribution in [0.3, 0.4) is 0 Å². The van der Waals surface area contributed by atoms with Crippen molar-refractivity contribution in [2.24, 2.45) is 0 Å². The molecule has 1 aliphatic heterocycles. The van der Waals surface area contributed by atoms with Gasteiger partial charge < -0.3 is 0 Å². The van der Waals surface area contributed by atoms with E-state index in [9.17, 15) is 14.0 Å². The molecule has 0 saturated carbocycles. The third-order valence-corrected chi connectivity index (χ3v) is 2.18. The summed E-state index contributed by atoms with van der Waals surface area (Å²) in [6.45, 7) is 1.17. The van der Waals surface area contributed by atoms with Crippen LogP contribution in [0.1, 0.15) is 27.6 Å². The van der Waals surface area contributed by atoms with Crippen molar-refractivity contribution in [3.63, 3.8) is 0 Å². The molecule has 1 aromatic rings. The first kappa shape index (κ1) is 8.87. The molecule has 1 aromatic carbocycles. The lowest BCUT2D eigenvalue weighted by Crippen LogP contribution is -2.35. The summed E-state index contributed by atoms with van der Waals surface area (Å²) in [5.74, 6) is -1.11. The minimum absolute atomic E-state index is 0.280. The highest BCUT2D eigenvalue weighted by Gasteiger charge is 2.38. The molecular formula is C10H8FNO2. The fourth-order valence-electron chi connectivity index (χ4n) is 1.53. The standard InChI is InChI=1S/C10H8FNO2/c1-6(11)12-9(13)7-4-2-3-5-8(7)10(12)14/h2-6H,1H3. The fourth-order valence-corrected chi connectivity index (χ4v) is 1.53. The van der Waals surface area contributed by atoms with Gasteiger partial charge in [-0.15, -0.1) is 0 Å². The maximum atomic E-state index is 13.0. The van der Waals surface area contributed by atoms with E-state index in [2.05, 4.69) is 0 Å². The first-order valence-corrected chi connectivity index (χ1v) is 4.24.